The highest BCUT2D eigenvalue weighted by Crippen LogP contribution is 2.30. The molecule has 1 aliphatic rings. The van der Waals surface area contributed by atoms with Gasteiger partial charge in [-0.15, -0.1) is 0 Å². The SMILES string of the molecule is CC(c1ccc(F)cc1)N(C)C(=O)c1nn(-c2ccccc2F)c2c1CCC2. The minimum Gasteiger partial charge on any atom is -0.334 e. The normalized spacial score (nSPS) is 14.0. The molecule has 0 aliphatic heterocycles. The molecule has 1 atom stereocenters. The average molecular weight is 381 g/mol. The highest BCUT2D eigenvalue weighted by molar-refractivity contribution is 5.94. The summed E-state index contributed by atoms with van der Waals surface area (Å²) in [6.45, 7) is 1.89. The predicted molar refractivity (Wildman–Crippen MR) is 102 cm³/mol. The number of benzene rings is 2. The van der Waals surface area contributed by atoms with Gasteiger partial charge < -0.3 is 4.90 Å². The number of hydrogen-bond acceptors (Lipinski definition) is 2. The molecule has 1 amide bonds. The van der Waals surface area contributed by atoms with Crippen LogP contribution in [-0.2, 0) is 12.8 Å². The molecule has 1 heterocycles. The lowest BCUT2D eigenvalue weighted by atomic mass is 10.1. The standard InChI is InChI=1S/C22H21F2N3O/c1-14(15-10-12-16(23)13-11-15)26(2)22(28)21-17-6-5-9-19(17)27(25-21)20-8-4-3-7-18(20)24/h3-4,7-8,10-14H,5-6,9H2,1-2H3. The molecule has 0 fully saturated rings. The van der Waals surface area contributed by atoms with Gasteiger partial charge in [-0.1, -0.05) is 24.3 Å². The minimum absolute atomic E-state index is 0.218. The van der Waals surface area contributed by atoms with Gasteiger partial charge in [-0.05, 0) is 56.0 Å². The summed E-state index contributed by atoms with van der Waals surface area (Å²) >= 11 is 0. The molecule has 0 spiro atoms. The summed E-state index contributed by atoms with van der Waals surface area (Å²) in [5, 5.41) is 4.50. The number of rotatable bonds is 4. The third-order valence-electron chi connectivity index (χ3n) is 5.47. The molecule has 6 heteroatoms. The van der Waals surface area contributed by atoms with E-state index in [2.05, 4.69) is 5.10 Å². The van der Waals surface area contributed by atoms with Crippen molar-refractivity contribution in [3.8, 4) is 5.69 Å². The molecule has 4 nitrogen and oxygen atoms in total. The lowest BCUT2D eigenvalue weighted by molar-refractivity contribution is 0.0735. The van der Waals surface area contributed by atoms with E-state index in [0.29, 0.717) is 11.4 Å². The van der Waals surface area contributed by atoms with Gasteiger partial charge in [0.1, 0.15) is 17.3 Å². The Bertz CT molecular complexity index is 1030. The van der Waals surface area contributed by atoms with Crippen molar-refractivity contribution in [1.29, 1.82) is 0 Å². The number of hydrogen-bond donors (Lipinski definition) is 0. The van der Waals surface area contributed by atoms with E-state index in [1.807, 2.05) is 6.92 Å². The first-order chi connectivity index (χ1) is 13.5. The Labute approximate surface area is 162 Å². The van der Waals surface area contributed by atoms with E-state index in [4.69, 9.17) is 0 Å². The molecule has 28 heavy (non-hydrogen) atoms. The molecule has 1 aromatic heterocycles. The summed E-state index contributed by atoms with van der Waals surface area (Å²) in [6.07, 6.45) is 2.43. The Balaban J connectivity index is 1.69. The molecule has 3 aromatic rings. The third kappa shape index (κ3) is 3.09. The van der Waals surface area contributed by atoms with E-state index in [9.17, 15) is 13.6 Å². The van der Waals surface area contributed by atoms with Crippen LogP contribution < -0.4 is 0 Å². The van der Waals surface area contributed by atoms with Gasteiger partial charge in [0.15, 0.2) is 5.69 Å². The largest absolute Gasteiger partial charge is 0.334 e. The number of amides is 1. The van der Waals surface area contributed by atoms with Gasteiger partial charge in [0, 0.05) is 18.3 Å². The Morgan fingerprint density at radius 1 is 1.11 bits per heavy atom. The van der Waals surface area contributed by atoms with Crippen molar-refractivity contribution in [1.82, 2.24) is 14.7 Å². The Kier molecular flexibility index (Phi) is 4.71. The summed E-state index contributed by atoms with van der Waals surface area (Å²) in [7, 11) is 1.71. The van der Waals surface area contributed by atoms with Gasteiger partial charge >= 0.3 is 0 Å². The second-order valence-corrected chi connectivity index (χ2v) is 7.13. The molecule has 4 rings (SSSR count). The maximum absolute atomic E-state index is 14.3. The Hall–Kier alpha value is -3.02. The van der Waals surface area contributed by atoms with Crippen molar-refractivity contribution in [3.05, 3.63) is 82.7 Å². The number of nitrogens with zero attached hydrogens (tertiary/aromatic N) is 3. The summed E-state index contributed by atoms with van der Waals surface area (Å²) in [4.78, 5) is 14.8. The Morgan fingerprint density at radius 2 is 1.82 bits per heavy atom. The molecule has 1 aliphatic carbocycles. The Morgan fingerprint density at radius 3 is 2.54 bits per heavy atom. The van der Waals surface area contributed by atoms with E-state index < -0.39 is 0 Å². The highest BCUT2D eigenvalue weighted by atomic mass is 19.1. The van der Waals surface area contributed by atoms with Crippen molar-refractivity contribution < 1.29 is 13.6 Å². The molecule has 1 unspecified atom stereocenters. The zero-order valence-electron chi connectivity index (χ0n) is 15.8. The zero-order chi connectivity index (χ0) is 19.8. The summed E-state index contributed by atoms with van der Waals surface area (Å²) < 4.78 is 29.1. The van der Waals surface area contributed by atoms with E-state index in [-0.39, 0.29) is 23.6 Å². The number of halogens is 2. The monoisotopic (exact) mass is 381 g/mol. The second kappa shape index (κ2) is 7.19. The van der Waals surface area contributed by atoms with Crippen LogP contribution in [0.25, 0.3) is 5.69 Å². The number of fused-ring (bicyclic) bond motifs is 1. The maximum atomic E-state index is 14.3. The average Bonchev–Trinajstić information content (AvgIpc) is 3.30. The quantitative estimate of drug-likeness (QED) is 0.669. The van der Waals surface area contributed by atoms with Gasteiger partial charge in [0.25, 0.3) is 5.91 Å². The molecule has 144 valence electrons. The van der Waals surface area contributed by atoms with Crippen LogP contribution in [0.3, 0.4) is 0 Å². The van der Waals surface area contributed by atoms with Gasteiger partial charge in [0.05, 0.1) is 6.04 Å². The molecule has 0 saturated carbocycles. The molecule has 0 saturated heterocycles. The first-order valence-corrected chi connectivity index (χ1v) is 9.35. The van der Waals surface area contributed by atoms with Crippen LogP contribution in [-0.4, -0.2) is 27.6 Å². The van der Waals surface area contributed by atoms with Crippen LogP contribution >= 0.6 is 0 Å². The van der Waals surface area contributed by atoms with Crippen LogP contribution in [0, 0.1) is 11.6 Å². The van der Waals surface area contributed by atoms with Crippen molar-refractivity contribution in [2.75, 3.05) is 7.05 Å². The summed E-state index contributed by atoms with van der Waals surface area (Å²) in [6, 6.07) is 12.3. The third-order valence-corrected chi connectivity index (χ3v) is 5.47. The molecular formula is C22H21F2N3O. The van der Waals surface area contributed by atoms with Gasteiger partial charge in [-0.3, -0.25) is 4.79 Å². The first kappa shape index (κ1) is 18.3. The predicted octanol–water partition coefficient (Wildman–Crippen LogP) is 4.47. The van der Waals surface area contributed by atoms with Crippen LogP contribution in [0.4, 0.5) is 8.78 Å². The van der Waals surface area contributed by atoms with Gasteiger partial charge in [0.2, 0.25) is 0 Å². The lowest BCUT2D eigenvalue weighted by Gasteiger charge is -2.25. The number of para-hydroxylation sites is 1. The molecular weight excluding hydrogens is 360 g/mol. The maximum Gasteiger partial charge on any atom is 0.274 e. The highest BCUT2D eigenvalue weighted by Gasteiger charge is 2.30. The van der Waals surface area contributed by atoms with Crippen LogP contribution in [0.5, 0.6) is 0 Å². The number of carbonyl (C=O) groups is 1. The fraction of sp³-hybridized carbons (Fsp3) is 0.273. The summed E-state index contributed by atoms with van der Waals surface area (Å²) in [5.41, 5.74) is 3.35. The second-order valence-electron chi connectivity index (χ2n) is 7.13. The van der Waals surface area contributed by atoms with Crippen molar-refractivity contribution in [2.24, 2.45) is 0 Å². The molecule has 0 N–H and O–H groups in total. The van der Waals surface area contributed by atoms with Crippen LogP contribution in [0.15, 0.2) is 48.5 Å². The fourth-order valence-electron chi connectivity index (χ4n) is 3.74. The van der Waals surface area contributed by atoms with Gasteiger partial charge in [-0.25, -0.2) is 13.5 Å². The minimum atomic E-state index is -0.369. The van der Waals surface area contributed by atoms with Gasteiger partial charge in [-0.2, -0.15) is 5.10 Å². The van der Waals surface area contributed by atoms with E-state index in [1.165, 1.54) is 18.2 Å². The van der Waals surface area contributed by atoms with Crippen LogP contribution in [0.2, 0.25) is 0 Å². The van der Waals surface area contributed by atoms with E-state index in [1.54, 1.807) is 47.0 Å². The topological polar surface area (TPSA) is 38.1 Å². The summed E-state index contributed by atoms with van der Waals surface area (Å²) in [5.74, 6) is -0.900. The van der Waals surface area contributed by atoms with Crippen molar-refractivity contribution in [2.45, 2.75) is 32.2 Å². The van der Waals surface area contributed by atoms with E-state index in [0.717, 1.165) is 36.1 Å². The van der Waals surface area contributed by atoms with Crippen LogP contribution in [0.1, 0.15) is 46.7 Å². The smallest absolute Gasteiger partial charge is 0.274 e. The number of carbonyl (C=O) groups excluding carboxylic acids is 1. The van der Waals surface area contributed by atoms with E-state index >= 15 is 0 Å². The lowest BCUT2D eigenvalue weighted by Crippen LogP contribution is -2.30. The van der Waals surface area contributed by atoms with Crippen molar-refractivity contribution >= 4 is 5.91 Å². The molecule has 0 bridgehead atoms. The first-order valence-electron chi connectivity index (χ1n) is 9.35. The number of aromatic nitrogens is 2. The molecule has 0 radical (unpaired) electrons. The van der Waals surface area contributed by atoms with Crippen molar-refractivity contribution in [3.63, 3.8) is 0 Å². The fourth-order valence-corrected chi connectivity index (χ4v) is 3.74. The zero-order valence-corrected chi connectivity index (χ0v) is 15.8. The molecule has 2 aromatic carbocycles.